The van der Waals surface area contributed by atoms with Gasteiger partial charge < -0.3 is 10.2 Å². The van der Waals surface area contributed by atoms with Gasteiger partial charge in [-0.15, -0.1) is 0 Å². The summed E-state index contributed by atoms with van der Waals surface area (Å²) >= 11 is 0. The SMILES string of the molecule is CC(C)CN(CC1CCCN1)C(=O)CC(F)(F)F. The van der Waals surface area contributed by atoms with Gasteiger partial charge in [0.15, 0.2) is 0 Å². The first-order valence-electron chi connectivity index (χ1n) is 6.36. The van der Waals surface area contributed by atoms with Gasteiger partial charge in [-0.1, -0.05) is 13.8 Å². The number of carbonyl (C=O) groups is 1. The van der Waals surface area contributed by atoms with E-state index in [4.69, 9.17) is 0 Å². The molecule has 1 rings (SSSR count). The summed E-state index contributed by atoms with van der Waals surface area (Å²) in [5.41, 5.74) is 0. The fourth-order valence-corrected chi connectivity index (χ4v) is 2.18. The van der Waals surface area contributed by atoms with Crippen LogP contribution in [0.3, 0.4) is 0 Å². The number of amides is 1. The molecule has 1 amide bonds. The largest absolute Gasteiger partial charge is 0.397 e. The Kier molecular flexibility index (Phi) is 5.44. The van der Waals surface area contributed by atoms with Crippen molar-refractivity contribution in [3.63, 3.8) is 0 Å². The molecule has 0 bridgehead atoms. The zero-order chi connectivity index (χ0) is 13.8. The predicted molar refractivity (Wildman–Crippen MR) is 63.1 cm³/mol. The van der Waals surface area contributed by atoms with Gasteiger partial charge in [0.1, 0.15) is 6.42 Å². The Hall–Kier alpha value is -0.780. The summed E-state index contributed by atoms with van der Waals surface area (Å²) in [5, 5.41) is 3.20. The lowest BCUT2D eigenvalue weighted by Gasteiger charge is -2.28. The summed E-state index contributed by atoms with van der Waals surface area (Å²) in [7, 11) is 0. The van der Waals surface area contributed by atoms with E-state index in [1.165, 1.54) is 4.90 Å². The van der Waals surface area contributed by atoms with Crippen molar-refractivity contribution < 1.29 is 18.0 Å². The molecule has 0 aromatic carbocycles. The van der Waals surface area contributed by atoms with E-state index in [9.17, 15) is 18.0 Å². The maximum atomic E-state index is 12.3. The van der Waals surface area contributed by atoms with Crippen molar-refractivity contribution in [1.29, 1.82) is 0 Å². The first-order valence-corrected chi connectivity index (χ1v) is 6.36. The van der Waals surface area contributed by atoms with E-state index < -0.39 is 18.5 Å². The van der Waals surface area contributed by atoms with Gasteiger partial charge in [-0.2, -0.15) is 13.2 Å². The molecule has 1 aliphatic rings. The molecule has 1 atom stereocenters. The van der Waals surface area contributed by atoms with Crippen molar-refractivity contribution in [2.75, 3.05) is 19.6 Å². The van der Waals surface area contributed by atoms with Crippen LogP contribution >= 0.6 is 0 Å². The molecule has 0 aromatic heterocycles. The van der Waals surface area contributed by atoms with Gasteiger partial charge in [0.2, 0.25) is 5.91 Å². The topological polar surface area (TPSA) is 32.3 Å². The molecule has 3 nitrogen and oxygen atoms in total. The van der Waals surface area contributed by atoms with E-state index in [1.54, 1.807) is 0 Å². The second-order valence-corrected chi connectivity index (χ2v) is 5.28. The van der Waals surface area contributed by atoms with Crippen molar-refractivity contribution in [2.45, 2.75) is 45.3 Å². The van der Waals surface area contributed by atoms with Gasteiger partial charge in [0.25, 0.3) is 0 Å². The highest BCUT2D eigenvalue weighted by Gasteiger charge is 2.34. The molecule has 1 heterocycles. The van der Waals surface area contributed by atoms with Crippen LogP contribution in [0.25, 0.3) is 0 Å². The third-order valence-electron chi connectivity index (χ3n) is 2.89. The summed E-state index contributed by atoms with van der Waals surface area (Å²) < 4.78 is 36.8. The molecule has 18 heavy (non-hydrogen) atoms. The number of rotatable bonds is 5. The average molecular weight is 266 g/mol. The lowest BCUT2D eigenvalue weighted by Crippen LogP contribution is -2.44. The predicted octanol–water partition coefficient (Wildman–Crippen LogP) is 2.18. The van der Waals surface area contributed by atoms with Crippen molar-refractivity contribution in [2.24, 2.45) is 5.92 Å². The number of hydrogen-bond acceptors (Lipinski definition) is 2. The summed E-state index contributed by atoms with van der Waals surface area (Å²) in [5.74, 6) is -0.645. The molecule has 1 saturated heterocycles. The zero-order valence-corrected chi connectivity index (χ0v) is 10.9. The van der Waals surface area contributed by atoms with Gasteiger partial charge >= 0.3 is 6.18 Å². The van der Waals surface area contributed by atoms with Crippen LogP contribution in [0.5, 0.6) is 0 Å². The third-order valence-corrected chi connectivity index (χ3v) is 2.89. The van der Waals surface area contributed by atoms with Crippen LogP contribution in [0.1, 0.15) is 33.1 Å². The molecule has 0 aliphatic carbocycles. The van der Waals surface area contributed by atoms with Crippen molar-refractivity contribution in [1.82, 2.24) is 10.2 Å². The molecule has 6 heteroatoms. The Balaban J connectivity index is 2.55. The second-order valence-electron chi connectivity index (χ2n) is 5.28. The normalized spacial score (nSPS) is 20.4. The van der Waals surface area contributed by atoms with Crippen LogP contribution in [-0.4, -0.2) is 42.7 Å². The van der Waals surface area contributed by atoms with E-state index in [2.05, 4.69) is 5.32 Å². The Labute approximate surface area is 106 Å². The molecule has 1 N–H and O–H groups in total. The molecule has 0 aromatic rings. The average Bonchev–Trinajstić information content (AvgIpc) is 2.65. The minimum atomic E-state index is -4.42. The van der Waals surface area contributed by atoms with Gasteiger partial charge in [-0.25, -0.2) is 0 Å². The van der Waals surface area contributed by atoms with Crippen LogP contribution in [0, 0.1) is 5.92 Å². The fraction of sp³-hybridized carbons (Fsp3) is 0.917. The van der Waals surface area contributed by atoms with E-state index in [-0.39, 0.29) is 12.0 Å². The summed E-state index contributed by atoms with van der Waals surface area (Å²) in [6, 6.07) is 0.140. The van der Waals surface area contributed by atoms with Crippen LogP contribution in [0.15, 0.2) is 0 Å². The van der Waals surface area contributed by atoms with E-state index in [1.807, 2.05) is 13.8 Å². The van der Waals surface area contributed by atoms with Crippen LogP contribution < -0.4 is 5.32 Å². The number of nitrogens with one attached hydrogen (secondary N) is 1. The zero-order valence-electron chi connectivity index (χ0n) is 10.9. The molecule has 0 radical (unpaired) electrons. The monoisotopic (exact) mass is 266 g/mol. The summed E-state index contributed by atoms with van der Waals surface area (Å²) in [4.78, 5) is 13.0. The molecular formula is C12H21F3N2O. The molecule has 0 saturated carbocycles. The molecule has 0 spiro atoms. The quantitative estimate of drug-likeness (QED) is 0.827. The molecular weight excluding hydrogens is 245 g/mol. The lowest BCUT2D eigenvalue weighted by molar-refractivity contribution is -0.162. The van der Waals surface area contributed by atoms with E-state index >= 15 is 0 Å². The van der Waals surface area contributed by atoms with Crippen LogP contribution in [-0.2, 0) is 4.79 Å². The van der Waals surface area contributed by atoms with E-state index in [0.717, 1.165) is 19.4 Å². The van der Waals surface area contributed by atoms with Gasteiger partial charge in [-0.05, 0) is 25.3 Å². The highest BCUT2D eigenvalue weighted by molar-refractivity contribution is 5.76. The summed E-state index contributed by atoms with van der Waals surface area (Å²) in [6.45, 7) is 5.44. The highest BCUT2D eigenvalue weighted by Crippen LogP contribution is 2.21. The maximum Gasteiger partial charge on any atom is 0.397 e. The molecule has 1 fully saturated rings. The maximum absolute atomic E-state index is 12.3. The van der Waals surface area contributed by atoms with Crippen molar-refractivity contribution >= 4 is 5.91 Å². The Bertz CT molecular complexity index is 273. The van der Waals surface area contributed by atoms with Crippen molar-refractivity contribution in [3.05, 3.63) is 0 Å². The van der Waals surface area contributed by atoms with Gasteiger partial charge in [0.05, 0.1) is 0 Å². The van der Waals surface area contributed by atoms with Crippen molar-refractivity contribution in [3.8, 4) is 0 Å². The van der Waals surface area contributed by atoms with Crippen LogP contribution in [0.4, 0.5) is 13.2 Å². The standard InChI is InChI=1S/C12H21F3N2O/c1-9(2)7-17(8-10-4-3-5-16-10)11(18)6-12(13,14)15/h9-10,16H,3-8H2,1-2H3. The first-order chi connectivity index (χ1) is 8.28. The highest BCUT2D eigenvalue weighted by atomic mass is 19.4. The van der Waals surface area contributed by atoms with Gasteiger partial charge in [-0.3, -0.25) is 4.79 Å². The first kappa shape index (κ1) is 15.3. The van der Waals surface area contributed by atoms with Gasteiger partial charge in [0, 0.05) is 19.1 Å². The Morgan fingerprint density at radius 1 is 1.44 bits per heavy atom. The molecule has 106 valence electrons. The summed E-state index contributed by atoms with van der Waals surface area (Å²) in [6.07, 6.45) is -3.83. The lowest BCUT2D eigenvalue weighted by atomic mass is 10.1. The minimum absolute atomic E-state index is 0.140. The minimum Gasteiger partial charge on any atom is -0.341 e. The number of hydrogen-bond donors (Lipinski definition) is 1. The van der Waals surface area contributed by atoms with Crippen LogP contribution in [0.2, 0.25) is 0 Å². The number of alkyl halides is 3. The fourth-order valence-electron chi connectivity index (χ4n) is 2.18. The smallest absolute Gasteiger partial charge is 0.341 e. The number of halogens is 3. The second kappa shape index (κ2) is 6.41. The Morgan fingerprint density at radius 2 is 2.11 bits per heavy atom. The number of nitrogens with zero attached hydrogens (tertiary/aromatic N) is 1. The third kappa shape index (κ3) is 5.71. The van der Waals surface area contributed by atoms with E-state index in [0.29, 0.717) is 13.1 Å². The molecule has 1 aliphatic heterocycles. The molecule has 1 unspecified atom stereocenters. The number of carbonyl (C=O) groups excluding carboxylic acids is 1. The Morgan fingerprint density at radius 3 is 2.56 bits per heavy atom.